The lowest BCUT2D eigenvalue weighted by molar-refractivity contribution is 0.205. The molecular weight excluding hydrogens is 178 g/mol. The van der Waals surface area contributed by atoms with Crippen molar-refractivity contribution >= 4 is 0 Å². The summed E-state index contributed by atoms with van der Waals surface area (Å²) < 4.78 is 1.64. The maximum atomic E-state index is 9.94. The van der Waals surface area contributed by atoms with E-state index in [1.54, 1.807) is 36.3 Å². The van der Waals surface area contributed by atoms with Gasteiger partial charge in [0, 0.05) is 19.4 Å². The zero-order chi connectivity index (χ0) is 9.97. The van der Waals surface area contributed by atoms with Crippen LogP contribution >= 0.6 is 0 Å². The van der Waals surface area contributed by atoms with Crippen LogP contribution in [0.3, 0.4) is 0 Å². The van der Waals surface area contributed by atoms with Crippen LogP contribution < -0.4 is 0 Å². The highest BCUT2D eigenvalue weighted by molar-refractivity contribution is 5.18. The van der Waals surface area contributed by atoms with Crippen LogP contribution in [0.1, 0.15) is 17.5 Å². The molecule has 0 bridgehead atoms. The summed E-state index contributed by atoms with van der Waals surface area (Å²) in [6, 6.07) is 7.23. The monoisotopic (exact) mass is 189 g/mol. The molecule has 2 aromatic heterocycles. The molecular formula is C10H11N3O. The maximum Gasteiger partial charge on any atom is 0.137 e. The fourth-order valence-electron chi connectivity index (χ4n) is 1.34. The fourth-order valence-corrected chi connectivity index (χ4v) is 1.34. The molecule has 1 N–H and O–H groups in total. The Hall–Kier alpha value is -1.68. The van der Waals surface area contributed by atoms with Gasteiger partial charge < -0.3 is 5.11 Å². The van der Waals surface area contributed by atoms with Crippen molar-refractivity contribution in [3.05, 3.63) is 48.0 Å². The molecule has 0 radical (unpaired) electrons. The predicted octanol–water partition coefficient (Wildman–Crippen LogP) is 0.897. The van der Waals surface area contributed by atoms with E-state index in [2.05, 4.69) is 10.1 Å². The first-order chi connectivity index (χ1) is 6.79. The lowest BCUT2D eigenvalue weighted by atomic mass is 10.2. The topological polar surface area (TPSA) is 50.9 Å². The number of aromatic nitrogens is 3. The second-order valence-corrected chi connectivity index (χ2v) is 3.04. The minimum Gasteiger partial charge on any atom is -0.380 e. The van der Waals surface area contributed by atoms with Gasteiger partial charge in [0.25, 0.3) is 0 Å². The second-order valence-electron chi connectivity index (χ2n) is 3.04. The predicted molar refractivity (Wildman–Crippen MR) is 51.5 cm³/mol. The van der Waals surface area contributed by atoms with Crippen molar-refractivity contribution in [2.45, 2.75) is 6.10 Å². The van der Waals surface area contributed by atoms with Crippen molar-refractivity contribution in [1.82, 2.24) is 14.8 Å². The minimum absolute atomic E-state index is 0.635. The van der Waals surface area contributed by atoms with E-state index < -0.39 is 6.10 Å². The molecule has 0 aliphatic carbocycles. The number of rotatable bonds is 2. The third-order valence-corrected chi connectivity index (χ3v) is 2.11. The van der Waals surface area contributed by atoms with Crippen LogP contribution in [0, 0.1) is 0 Å². The highest BCUT2D eigenvalue weighted by Gasteiger charge is 2.14. The van der Waals surface area contributed by atoms with Gasteiger partial charge >= 0.3 is 0 Å². The van der Waals surface area contributed by atoms with Crippen LogP contribution in [0.4, 0.5) is 0 Å². The van der Waals surface area contributed by atoms with Crippen LogP contribution in [0.15, 0.2) is 36.7 Å². The standard InChI is InChI=1S/C10H11N3O/c1-13-9(5-7-12-13)10(14)8-4-2-3-6-11-8/h2-7,10,14H,1H3/t10-/m0/s1. The summed E-state index contributed by atoms with van der Waals surface area (Å²) in [5, 5.41) is 13.9. The molecule has 0 aromatic carbocycles. The fraction of sp³-hybridized carbons (Fsp3) is 0.200. The Balaban J connectivity index is 2.34. The van der Waals surface area contributed by atoms with Crippen LogP contribution in [0.5, 0.6) is 0 Å². The van der Waals surface area contributed by atoms with Crippen molar-refractivity contribution < 1.29 is 5.11 Å². The number of pyridine rings is 1. The molecule has 72 valence electrons. The molecule has 0 amide bonds. The highest BCUT2D eigenvalue weighted by atomic mass is 16.3. The molecule has 2 rings (SSSR count). The summed E-state index contributed by atoms with van der Waals surface area (Å²) in [4.78, 5) is 4.08. The Morgan fingerprint density at radius 1 is 1.29 bits per heavy atom. The summed E-state index contributed by atoms with van der Waals surface area (Å²) in [5.41, 5.74) is 1.37. The number of hydrogen-bond donors (Lipinski definition) is 1. The average molecular weight is 189 g/mol. The quantitative estimate of drug-likeness (QED) is 0.763. The molecule has 0 aliphatic heterocycles. The van der Waals surface area contributed by atoms with Gasteiger partial charge in [-0.3, -0.25) is 9.67 Å². The van der Waals surface area contributed by atoms with Gasteiger partial charge in [-0.2, -0.15) is 5.10 Å². The summed E-state index contributed by atoms with van der Waals surface area (Å²) in [6.07, 6.45) is 2.61. The smallest absolute Gasteiger partial charge is 0.137 e. The first kappa shape index (κ1) is 8.90. The molecule has 0 unspecified atom stereocenters. The lowest BCUT2D eigenvalue weighted by Gasteiger charge is -2.09. The van der Waals surface area contributed by atoms with Crippen molar-refractivity contribution in [3.63, 3.8) is 0 Å². The van der Waals surface area contributed by atoms with Gasteiger partial charge in [-0.15, -0.1) is 0 Å². The first-order valence-electron chi connectivity index (χ1n) is 4.36. The van der Waals surface area contributed by atoms with Gasteiger partial charge in [-0.05, 0) is 18.2 Å². The Morgan fingerprint density at radius 2 is 2.14 bits per heavy atom. The van der Waals surface area contributed by atoms with Crippen molar-refractivity contribution in [3.8, 4) is 0 Å². The molecule has 0 fully saturated rings. The van der Waals surface area contributed by atoms with E-state index in [1.165, 1.54) is 0 Å². The molecule has 1 atom stereocenters. The van der Waals surface area contributed by atoms with Crippen molar-refractivity contribution in [1.29, 1.82) is 0 Å². The van der Waals surface area contributed by atoms with Gasteiger partial charge in [-0.1, -0.05) is 6.07 Å². The van der Waals surface area contributed by atoms with Crippen molar-refractivity contribution in [2.24, 2.45) is 7.05 Å². The average Bonchev–Trinajstić information content (AvgIpc) is 2.65. The number of hydrogen-bond acceptors (Lipinski definition) is 3. The molecule has 4 nitrogen and oxygen atoms in total. The minimum atomic E-state index is -0.705. The van der Waals surface area contributed by atoms with E-state index in [4.69, 9.17) is 0 Å². The van der Waals surface area contributed by atoms with E-state index >= 15 is 0 Å². The van der Waals surface area contributed by atoms with Gasteiger partial charge in [0.2, 0.25) is 0 Å². The first-order valence-corrected chi connectivity index (χ1v) is 4.36. The zero-order valence-electron chi connectivity index (χ0n) is 7.83. The zero-order valence-corrected chi connectivity index (χ0v) is 7.83. The molecule has 0 saturated heterocycles. The van der Waals surface area contributed by atoms with Crippen molar-refractivity contribution in [2.75, 3.05) is 0 Å². The lowest BCUT2D eigenvalue weighted by Crippen LogP contribution is -2.07. The van der Waals surface area contributed by atoms with E-state index in [9.17, 15) is 5.11 Å². The maximum absolute atomic E-state index is 9.94. The van der Waals surface area contributed by atoms with Gasteiger partial charge in [0.1, 0.15) is 6.10 Å². The molecule has 14 heavy (non-hydrogen) atoms. The van der Waals surface area contributed by atoms with E-state index in [1.807, 2.05) is 12.1 Å². The molecule has 2 heterocycles. The third kappa shape index (κ3) is 1.52. The number of aliphatic hydroxyl groups excluding tert-OH is 1. The molecule has 2 aromatic rings. The van der Waals surface area contributed by atoms with E-state index in [0.29, 0.717) is 5.69 Å². The van der Waals surface area contributed by atoms with E-state index in [0.717, 1.165) is 5.69 Å². The van der Waals surface area contributed by atoms with Crippen LogP contribution in [-0.2, 0) is 7.05 Å². The molecule has 0 aliphatic rings. The summed E-state index contributed by atoms with van der Waals surface area (Å²) >= 11 is 0. The Labute approximate surface area is 81.8 Å². The summed E-state index contributed by atoms with van der Waals surface area (Å²) in [7, 11) is 1.79. The second kappa shape index (κ2) is 3.59. The molecule has 0 spiro atoms. The largest absolute Gasteiger partial charge is 0.380 e. The number of aliphatic hydroxyl groups is 1. The van der Waals surface area contributed by atoms with Crippen LogP contribution in [-0.4, -0.2) is 19.9 Å². The number of nitrogens with zero attached hydrogens (tertiary/aromatic N) is 3. The van der Waals surface area contributed by atoms with Gasteiger partial charge in [0.05, 0.1) is 11.4 Å². The highest BCUT2D eigenvalue weighted by Crippen LogP contribution is 2.18. The normalized spacial score (nSPS) is 12.7. The Morgan fingerprint density at radius 3 is 2.71 bits per heavy atom. The van der Waals surface area contributed by atoms with Gasteiger partial charge in [0.15, 0.2) is 0 Å². The van der Waals surface area contributed by atoms with Crippen LogP contribution in [0.2, 0.25) is 0 Å². The number of aryl methyl sites for hydroxylation is 1. The van der Waals surface area contributed by atoms with Gasteiger partial charge in [-0.25, -0.2) is 0 Å². The molecule has 4 heteroatoms. The summed E-state index contributed by atoms with van der Waals surface area (Å²) in [5.74, 6) is 0. The SMILES string of the molecule is Cn1nccc1[C@@H](O)c1ccccn1. The Bertz CT molecular complexity index is 410. The summed E-state index contributed by atoms with van der Waals surface area (Å²) in [6.45, 7) is 0. The Kier molecular flexibility index (Phi) is 2.28. The molecule has 0 saturated carbocycles. The van der Waals surface area contributed by atoms with E-state index in [-0.39, 0.29) is 0 Å². The van der Waals surface area contributed by atoms with Crippen LogP contribution in [0.25, 0.3) is 0 Å². The third-order valence-electron chi connectivity index (χ3n) is 2.11.